The number of thiophene rings is 1. The number of aromatic nitrogens is 2. The van der Waals surface area contributed by atoms with Crippen molar-refractivity contribution < 1.29 is 18.3 Å². The lowest BCUT2D eigenvalue weighted by atomic mass is 9.99. The van der Waals surface area contributed by atoms with Crippen molar-refractivity contribution in [3.05, 3.63) is 88.0 Å². The second kappa shape index (κ2) is 9.57. The zero-order valence-electron chi connectivity index (χ0n) is 19.8. The van der Waals surface area contributed by atoms with Crippen LogP contribution in [0.5, 0.6) is 5.75 Å². The fourth-order valence-electron chi connectivity index (χ4n) is 4.45. The van der Waals surface area contributed by atoms with E-state index >= 15 is 0 Å². The van der Waals surface area contributed by atoms with Crippen molar-refractivity contribution in [3.8, 4) is 11.4 Å². The van der Waals surface area contributed by atoms with Crippen LogP contribution in [0.15, 0.2) is 87.0 Å². The molecule has 1 fully saturated rings. The van der Waals surface area contributed by atoms with E-state index in [4.69, 9.17) is 0 Å². The summed E-state index contributed by atoms with van der Waals surface area (Å²) in [7, 11) is -4.12. The number of benzene rings is 3. The van der Waals surface area contributed by atoms with Gasteiger partial charge in [-0.05, 0) is 71.5 Å². The Labute approximate surface area is 226 Å². The van der Waals surface area contributed by atoms with E-state index in [9.17, 15) is 23.1 Å². The molecule has 1 amide bonds. The van der Waals surface area contributed by atoms with Gasteiger partial charge < -0.3 is 5.11 Å². The van der Waals surface area contributed by atoms with Crippen LogP contribution in [-0.4, -0.2) is 34.7 Å². The molecule has 0 radical (unpaired) electrons. The van der Waals surface area contributed by atoms with Gasteiger partial charge in [-0.2, -0.15) is 0 Å². The van der Waals surface area contributed by atoms with Gasteiger partial charge in [0.25, 0.3) is 15.6 Å². The predicted octanol–water partition coefficient (Wildman–Crippen LogP) is 4.78. The van der Waals surface area contributed by atoms with Crippen molar-refractivity contribution in [2.75, 3.05) is 5.75 Å². The molecule has 38 heavy (non-hydrogen) atoms. The molecular weight excluding hydrogens is 543 g/mol. The van der Waals surface area contributed by atoms with Crippen molar-refractivity contribution in [3.63, 3.8) is 0 Å². The number of phenols is 1. The molecule has 2 N–H and O–H groups in total. The van der Waals surface area contributed by atoms with Crippen LogP contribution >= 0.6 is 23.1 Å². The smallest absolute Gasteiger partial charge is 0.267 e. The Morgan fingerprint density at radius 3 is 2.50 bits per heavy atom. The van der Waals surface area contributed by atoms with Gasteiger partial charge in [0, 0.05) is 5.39 Å². The standard InChI is InChI=1S/C27H21N3O5S3/c31-17-7-9-18(10-8-17)38(34,35)29-24(32)15-37-27-28-25-22(13-14-36-25)26(33)30(27)23-12-11-19(16-5-6-16)20-3-1-2-4-21(20)23/h1-4,7-14,16,31H,5-6,15H2,(H,29,32). The fraction of sp³-hybridized carbons (Fsp3) is 0.148. The molecule has 1 aliphatic carbocycles. The molecule has 0 bridgehead atoms. The number of phenolic OH excluding ortho intramolecular Hbond substituents is 1. The molecule has 192 valence electrons. The maximum absolute atomic E-state index is 13.7. The Morgan fingerprint density at radius 2 is 1.76 bits per heavy atom. The lowest BCUT2D eigenvalue weighted by Crippen LogP contribution is -2.32. The minimum absolute atomic E-state index is 0.0865. The monoisotopic (exact) mass is 563 g/mol. The molecule has 6 rings (SSSR count). The van der Waals surface area contributed by atoms with E-state index in [0.29, 0.717) is 27.0 Å². The Hall–Kier alpha value is -3.67. The molecule has 1 aliphatic rings. The quantitative estimate of drug-likeness (QED) is 0.216. The maximum Gasteiger partial charge on any atom is 0.267 e. The van der Waals surface area contributed by atoms with Gasteiger partial charge in [0.1, 0.15) is 10.6 Å². The second-order valence-electron chi connectivity index (χ2n) is 8.98. The third-order valence-electron chi connectivity index (χ3n) is 6.39. The molecule has 2 aromatic heterocycles. The first-order chi connectivity index (χ1) is 18.3. The van der Waals surface area contributed by atoms with Crippen molar-refractivity contribution in [2.45, 2.75) is 28.8 Å². The van der Waals surface area contributed by atoms with Crippen molar-refractivity contribution in [1.82, 2.24) is 14.3 Å². The van der Waals surface area contributed by atoms with Crippen molar-refractivity contribution in [1.29, 1.82) is 0 Å². The molecule has 5 aromatic rings. The number of hydrogen-bond acceptors (Lipinski definition) is 8. The average molecular weight is 564 g/mol. The summed E-state index contributed by atoms with van der Waals surface area (Å²) in [5.41, 5.74) is 1.67. The normalized spacial score (nSPS) is 13.7. The summed E-state index contributed by atoms with van der Waals surface area (Å²) >= 11 is 2.32. The molecule has 8 nitrogen and oxygen atoms in total. The SMILES string of the molecule is O=C(CSc1nc2sccc2c(=O)n1-c1ccc(C2CC2)c2ccccc12)NS(=O)(=O)c1ccc(O)cc1. The third-order valence-corrected chi connectivity index (χ3v) is 9.52. The van der Waals surface area contributed by atoms with Crippen LogP contribution < -0.4 is 10.3 Å². The molecular formula is C27H21N3O5S3. The highest BCUT2D eigenvalue weighted by atomic mass is 32.2. The first-order valence-corrected chi connectivity index (χ1v) is 15.2. The summed E-state index contributed by atoms with van der Waals surface area (Å²) in [5.74, 6) is -0.601. The first-order valence-electron chi connectivity index (χ1n) is 11.8. The van der Waals surface area contributed by atoms with Crippen LogP contribution in [0.25, 0.3) is 26.7 Å². The highest BCUT2D eigenvalue weighted by Gasteiger charge is 2.27. The van der Waals surface area contributed by atoms with Crippen molar-refractivity contribution in [2.24, 2.45) is 0 Å². The van der Waals surface area contributed by atoms with Gasteiger partial charge in [0.05, 0.1) is 21.7 Å². The van der Waals surface area contributed by atoms with Crippen LogP contribution in [0.3, 0.4) is 0 Å². The van der Waals surface area contributed by atoms with Gasteiger partial charge >= 0.3 is 0 Å². The number of fused-ring (bicyclic) bond motifs is 2. The topological polar surface area (TPSA) is 118 Å². The van der Waals surface area contributed by atoms with E-state index in [0.717, 1.165) is 35.4 Å². The number of carbonyl (C=O) groups excluding carboxylic acids is 1. The number of thioether (sulfide) groups is 1. The van der Waals surface area contributed by atoms with Gasteiger partial charge in [-0.15, -0.1) is 11.3 Å². The highest BCUT2D eigenvalue weighted by Crippen LogP contribution is 2.44. The Morgan fingerprint density at radius 1 is 1.03 bits per heavy atom. The van der Waals surface area contributed by atoms with Crippen LogP contribution in [0, 0.1) is 0 Å². The van der Waals surface area contributed by atoms with Gasteiger partial charge in [-0.3, -0.25) is 14.2 Å². The molecule has 1 saturated carbocycles. The maximum atomic E-state index is 13.7. The van der Waals surface area contributed by atoms with Crippen LogP contribution in [-0.2, 0) is 14.8 Å². The zero-order chi connectivity index (χ0) is 26.4. The molecule has 11 heteroatoms. The summed E-state index contributed by atoms with van der Waals surface area (Å²) in [6, 6.07) is 18.5. The first kappa shape index (κ1) is 24.7. The molecule has 0 spiro atoms. The molecule has 3 aromatic carbocycles. The lowest BCUT2D eigenvalue weighted by molar-refractivity contribution is -0.116. The summed E-state index contributed by atoms with van der Waals surface area (Å²) in [5, 5.41) is 14.0. The van der Waals surface area contributed by atoms with E-state index in [-0.39, 0.29) is 22.0 Å². The minimum Gasteiger partial charge on any atom is -0.508 e. The number of rotatable bonds is 7. The van der Waals surface area contributed by atoms with Gasteiger partial charge in [0.2, 0.25) is 5.91 Å². The Balaban J connectivity index is 1.37. The Bertz CT molecular complexity index is 1870. The van der Waals surface area contributed by atoms with E-state index in [1.54, 1.807) is 11.4 Å². The number of aromatic hydroxyl groups is 1. The van der Waals surface area contributed by atoms with Gasteiger partial charge in [-0.25, -0.2) is 18.1 Å². The molecule has 0 atom stereocenters. The molecule has 0 saturated heterocycles. The summed E-state index contributed by atoms with van der Waals surface area (Å²) < 4.78 is 28.7. The molecule has 2 heterocycles. The summed E-state index contributed by atoms with van der Waals surface area (Å²) in [6.45, 7) is 0. The number of amides is 1. The van der Waals surface area contributed by atoms with Gasteiger partial charge in [-0.1, -0.05) is 42.1 Å². The molecule has 0 aliphatic heterocycles. The van der Waals surface area contributed by atoms with E-state index in [2.05, 4.69) is 17.1 Å². The third kappa shape index (κ3) is 4.57. The number of carbonyl (C=O) groups is 1. The zero-order valence-corrected chi connectivity index (χ0v) is 22.3. The lowest BCUT2D eigenvalue weighted by Gasteiger charge is -2.16. The average Bonchev–Trinajstić information content (AvgIpc) is 3.63. The summed E-state index contributed by atoms with van der Waals surface area (Å²) in [6.07, 6.45) is 2.30. The van der Waals surface area contributed by atoms with Crippen LogP contribution in [0.2, 0.25) is 0 Å². The predicted molar refractivity (Wildman–Crippen MR) is 149 cm³/mol. The fourth-order valence-corrected chi connectivity index (χ4v) is 7.14. The number of nitrogens with one attached hydrogen (secondary N) is 1. The summed E-state index contributed by atoms with van der Waals surface area (Å²) in [4.78, 5) is 31.4. The molecule has 0 unspecified atom stereocenters. The second-order valence-corrected chi connectivity index (χ2v) is 12.5. The minimum atomic E-state index is -4.12. The number of nitrogens with zero attached hydrogens (tertiary/aromatic N) is 2. The van der Waals surface area contributed by atoms with Crippen molar-refractivity contribution >= 4 is 60.0 Å². The number of hydrogen-bond donors (Lipinski definition) is 2. The Kier molecular flexibility index (Phi) is 6.21. The van der Waals surface area contributed by atoms with E-state index in [1.165, 1.54) is 45.7 Å². The van der Waals surface area contributed by atoms with E-state index in [1.807, 2.05) is 29.0 Å². The largest absolute Gasteiger partial charge is 0.508 e. The highest BCUT2D eigenvalue weighted by molar-refractivity contribution is 8.00. The number of sulfonamides is 1. The van der Waals surface area contributed by atoms with Crippen LogP contribution in [0.1, 0.15) is 24.3 Å². The van der Waals surface area contributed by atoms with Crippen LogP contribution in [0.4, 0.5) is 0 Å². The van der Waals surface area contributed by atoms with Gasteiger partial charge in [0.15, 0.2) is 5.16 Å². The van der Waals surface area contributed by atoms with E-state index < -0.39 is 15.9 Å².